The van der Waals surface area contributed by atoms with E-state index < -0.39 is 0 Å². The minimum atomic E-state index is -0.203. The highest BCUT2D eigenvalue weighted by atomic mass is 19.1. The molecule has 0 radical (unpaired) electrons. The van der Waals surface area contributed by atoms with Gasteiger partial charge in [0.2, 0.25) is 0 Å². The van der Waals surface area contributed by atoms with Gasteiger partial charge in [-0.15, -0.1) is 0 Å². The van der Waals surface area contributed by atoms with E-state index >= 15 is 0 Å². The summed E-state index contributed by atoms with van der Waals surface area (Å²) in [7, 11) is 0. The van der Waals surface area contributed by atoms with Gasteiger partial charge in [0, 0.05) is 12.6 Å². The van der Waals surface area contributed by atoms with Crippen LogP contribution >= 0.6 is 0 Å². The molecule has 2 rings (SSSR count). The van der Waals surface area contributed by atoms with E-state index in [1.165, 1.54) is 12.1 Å². The summed E-state index contributed by atoms with van der Waals surface area (Å²) in [4.78, 5) is 0. The van der Waals surface area contributed by atoms with Crippen LogP contribution in [0.2, 0.25) is 0 Å². The fourth-order valence-corrected chi connectivity index (χ4v) is 1.20. The molecule has 0 amide bonds. The maximum absolute atomic E-state index is 12.5. The Labute approximate surface area is 75.4 Å². The van der Waals surface area contributed by atoms with Crippen molar-refractivity contribution in [2.75, 3.05) is 0 Å². The van der Waals surface area contributed by atoms with Gasteiger partial charge in [0.15, 0.2) is 0 Å². The number of hydrogen-bond acceptors (Lipinski definition) is 1. The smallest absolute Gasteiger partial charge is 0.123 e. The summed E-state index contributed by atoms with van der Waals surface area (Å²) in [5.41, 5.74) is 2.03. The first-order valence-corrected chi connectivity index (χ1v) is 4.08. The highest BCUT2D eigenvalue weighted by Crippen LogP contribution is 2.07. The molecule has 0 bridgehead atoms. The van der Waals surface area contributed by atoms with E-state index in [-0.39, 0.29) is 5.82 Å². The summed E-state index contributed by atoms with van der Waals surface area (Å²) < 4.78 is 12.5. The molecule has 3 heteroatoms. The van der Waals surface area contributed by atoms with Crippen molar-refractivity contribution in [1.82, 2.24) is 10.2 Å². The summed E-state index contributed by atoms with van der Waals surface area (Å²) in [5.74, 6) is -0.203. The molecule has 1 aromatic carbocycles. The molecular formula is C10H9FN2. The van der Waals surface area contributed by atoms with E-state index in [9.17, 15) is 4.39 Å². The number of aromatic nitrogens is 2. The zero-order chi connectivity index (χ0) is 9.10. The Hall–Kier alpha value is -1.64. The first-order chi connectivity index (χ1) is 6.34. The maximum Gasteiger partial charge on any atom is 0.123 e. The molecule has 0 aliphatic rings. The highest BCUT2D eigenvalue weighted by Gasteiger charge is 1.97. The van der Waals surface area contributed by atoms with E-state index in [0.29, 0.717) is 0 Å². The van der Waals surface area contributed by atoms with Crippen molar-refractivity contribution in [2.45, 2.75) is 6.42 Å². The molecule has 2 nitrogen and oxygen atoms in total. The molecule has 1 N–H and O–H groups in total. The summed E-state index contributed by atoms with van der Waals surface area (Å²) >= 11 is 0. The van der Waals surface area contributed by atoms with E-state index in [4.69, 9.17) is 0 Å². The van der Waals surface area contributed by atoms with Crippen molar-refractivity contribution < 1.29 is 4.39 Å². The lowest BCUT2D eigenvalue weighted by Gasteiger charge is -1.96. The van der Waals surface area contributed by atoms with Crippen LogP contribution in [0.3, 0.4) is 0 Å². The number of nitrogens with zero attached hydrogens (tertiary/aromatic N) is 1. The van der Waals surface area contributed by atoms with Crippen LogP contribution in [0.4, 0.5) is 4.39 Å². The van der Waals surface area contributed by atoms with Gasteiger partial charge in [0.05, 0.1) is 5.69 Å². The third kappa shape index (κ3) is 1.93. The molecule has 0 fully saturated rings. The zero-order valence-corrected chi connectivity index (χ0v) is 7.00. The Kier molecular flexibility index (Phi) is 2.08. The third-order valence-corrected chi connectivity index (χ3v) is 1.86. The molecule has 0 saturated carbocycles. The van der Waals surface area contributed by atoms with Crippen molar-refractivity contribution >= 4 is 0 Å². The molecule has 0 spiro atoms. The lowest BCUT2D eigenvalue weighted by atomic mass is 10.1. The van der Waals surface area contributed by atoms with Crippen molar-refractivity contribution in [2.24, 2.45) is 0 Å². The third-order valence-electron chi connectivity index (χ3n) is 1.86. The second kappa shape index (κ2) is 3.39. The average molecular weight is 176 g/mol. The highest BCUT2D eigenvalue weighted by molar-refractivity contribution is 5.21. The minimum absolute atomic E-state index is 0.203. The Bertz CT molecular complexity index is 364. The standard InChI is InChI=1S/C10H9FN2/c11-9-3-1-8(2-4-9)7-10-5-6-12-13-10/h1-6H,7H2,(H,12,13). The van der Waals surface area contributed by atoms with Crippen LogP contribution in [-0.4, -0.2) is 10.2 Å². The van der Waals surface area contributed by atoms with Gasteiger partial charge in [-0.3, -0.25) is 5.10 Å². The van der Waals surface area contributed by atoms with Gasteiger partial charge in [0.25, 0.3) is 0 Å². The number of benzene rings is 1. The summed E-state index contributed by atoms with van der Waals surface area (Å²) in [6, 6.07) is 8.36. The van der Waals surface area contributed by atoms with Crippen LogP contribution in [0.1, 0.15) is 11.3 Å². The number of hydrogen-bond donors (Lipinski definition) is 1. The summed E-state index contributed by atoms with van der Waals surface area (Å²) in [5, 5.41) is 6.75. The fraction of sp³-hybridized carbons (Fsp3) is 0.100. The van der Waals surface area contributed by atoms with E-state index in [1.54, 1.807) is 18.3 Å². The number of H-pyrrole nitrogens is 1. The van der Waals surface area contributed by atoms with Crippen molar-refractivity contribution in [1.29, 1.82) is 0 Å². The van der Waals surface area contributed by atoms with Crippen LogP contribution in [-0.2, 0) is 6.42 Å². The van der Waals surface area contributed by atoms with Crippen molar-refractivity contribution in [3.8, 4) is 0 Å². The number of rotatable bonds is 2. The zero-order valence-electron chi connectivity index (χ0n) is 7.00. The van der Waals surface area contributed by atoms with E-state index in [2.05, 4.69) is 10.2 Å². The molecule has 0 aliphatic carbocycles. The molecular weight excluding hydrogens is 167 g/mol. The van der Waals surface area contributed by atoms with Crippen molar-refractivity contribution in [3.63, 3.8) is 0 Å². The van der Waals surface area contributed by atoms with Gasteiger partial charge in [-0.25, -0.2) is 4.39 Å². The lowest BCUT2D eigenvalue weighted by Crippen LogP contribution is -1.88. The Morgan fingerprint density at radius 3 is 2.54 bits per heavy atom. The average Bonchev–Trinajstić information content (AvgIpc) is 2.62. The van der Waals surface area contributed by atoms with Crippen molar-refractivity contribution in [3.05, 3.63) is 53.6 Å². The molecule has 0 saturated heterocycles. The first kappa shape index (κ1) is 7.98. The number of halogens is 1. The molecule has 0 atom stereocenters. The second-order valence-corrected chi connectivity index (χ2v) is 2.87. The van der Waals surface area contributed by atoms with E-state index in [1.807, 2.05) is 6.07 Å². The SMILES string of the molecule is Fc1ccc(Cc2cc[nH]n2)cc1. The van der Waals surface area contributed by atoms with Gasteiger partial charge in [-0.2, -0.15) is 5.10 Å². The quantitative estimate of drug-likeness (QED) is 0.746. The lowest BCUT2D eigenvalue weighted by molar-refractivity contribution is 0.627. The van der Waals surface area contributed by atoms with Gasteiger partial charge >= 0.3 is 0 Å². The van der Waals surface area contributed by atoms with Gasteiger partial charge in [-0.05, 0) is 23.8 Å². The largest absolute Gasteiger partial charge is 0.285 e. The molecule has 0 aliphatic heterocycles. The number of aromatic amines is 1. The number of nitrogens with one attached hydrogen (secondary N) is 1. The predicted molar refractivity (Wildman–Crippen MR) is 47.8 cm³/mol. The Morgan fingerprint density at radius 1 is 1.15 bits per heavy atom. The molecule has 13 heavy (non-hydrogen) atoms. The Morgan fingerprint density at radius 2 is 1.92 bits per heavy atom. The van der Waals surface area contributed by atoms with Crippen LogP contribution in [0, 0.1) is 5.82 Å². The molecule has 1 aromatic heterocycles. The monoisotopic (exact) mass is 176 g/mol. The molecule has 2 aromatic rings. The summed E-state index contributed by atoms with van der Waals surface area (Å²) in [6.45, 7) is 0. The Balaban J connectivity index is 2.15. The molecule has 0 unspecified atom stereocenters. The van der Waals surface area contributed by atoms with Crippen LogP contribution < -0.4 is 0 Å². The predicted octanol–water partition coefficient (Wildman–Crippen LogP) is 2.14. The van der Waals surface area contributed by atoms with Gasteiger partial charge in [0.1, 0.15) is 5.82 Å². The van der Waals surface area contributed by atoms with E-state index in [0.717, 1.165) is 17.7 Å². The van der Waals surface area contributed by atoms with Crippen LogP contribution in [0.5, 0.6) is 0 Å². The minimum Gasteiger partial charge on any atom is -0.285 e. The molecule has 66 valence electrons. The second-order valence-electron chi connectivity index (χ2n) is 2.87. The topological polar surface area (TPSA) is 28.7 Å². The van der Waals surface area contributed by atoms with Crippen LogP contribution in [0.25, 0.3) is 0 Å². The fourth-order valence-electron chi connectivity index (χ4n) is 1.20. The summed E-state index contributed by atoms with van der Waals surface area (Å²) in [6.07, 6.45) is 2.52. The van der Waals surface area contributed by atoms with Gasteiger partial charge in [-0.1, -0.05) is 12.1 Å². The maximum atomic E-state index is 12.5. The van der Waals surface area contributed by atoms with Crippen LogP contribution in [0.15, 0.2) is 36.5 Å². The van der Waals surface area contributed by atoms with Gasteiger partial charge < -0.3 is 0 Å². The molecule has 1 heterocycles. The first-order valence-electron chi connectivity index (χ1n) is 4.08. The normalized spacial score (nSPS) is 10.2.